The van der Waals surface area contributed by atoms with Crippen LogP contribution in [-0.2, 0) is 6.42 Å². The lowest BCUT2D eigenvalue weighted by atomic mass is 9.98. The van der Waals surface area contributed by atoms with Crippen molar-refractivity contribution in [1.82, 2.24) is 23.9 Å². The van der Waals surface area contributed by atoms with Crippen LogP contribution in [0.25, 0.3) is 77.0 Å². The van der Waals surface area contributed by atoms with E-state index in [4.69, 9.17) is 4.98 Å². The Morgan fingerprint density at radius 2 is 1.29 bits per heavy atom. The highest BCUT2D eigenvalue weighted by Gasteiger charge is 2.24. The topological polar surface area (TPSA) is 48.0 Å². The molecule has 1 aliphatic rings. The van der Waals surface area contributed by atoms with E-state index >= 15 is 0 Å². The molecule has 0 unspecified atom stereocenters. The second kappa shape index (κ2) is 7.55. The van der Waals surface area contributed by atoms with Gasteiger partial charge in [-0.05, 0) is 88.7 Å². The second-order valence-corrected chi connectivity index (χ2v) is 11.0. The first-order valence-corrected chi connectivity index (χ1v) is 13.9. The van der Waals surface area contributed by atoms with E-state index in [1.54, 1.807) is 0 Å². The summed E-state index contributed by atoms with van der Waals surface area (Å²) in [6, 6.07) is 33.2. The van der Waals surface area contributed by atoms with Crippen LogP contribution in [-0.4, -0.2) is 23.9 Å². The summed E-state index contributed by atoms with van der Waals surface area (Å²) in [5.41, 5.74) is 13.0. The molecule has 0 amide bonds. The quantitative estimate of drug-likeness (QED) is 0.204. The maximum absolute atomic E-state index is 5.05. The number of para-hydroxylation sites is 2. The van der Waals surface area contributed by atoms with Crippen molar-refractivity contribution >= 4 is 60.2 Å². The highest BCUT2D eigenvalue weighted by Crippen LogP contribution is 2.45. The molecule has 4 aromatic carbocycles. The van der Waals surface area contributed by atoms with Crippen molar-refractivity contribution in [2.45, 2.75) is 6.42 Å². The average Bonchev–Trinajstić information content (AvgIpc) is 3.69. The lowest BCUT2D eigenvalue weighted by Crippen LogP contribution is -1.93. The Hall–Kier alpha value is -5.55. The third-order valence-electron chi connectivity index (χ3n) is 8.86. The zero-order chi connectivity index (χ0) is 26.7. The van der Waals surface area contributed by atoms with E-state index in [2.05, 4.69) is 104 Å². The van der Waals surface area contributed by atoms with Crippen molar-refractivity contribution in [2.75, 3.05) is 0 Å². The van der Waals surface area contributed by atoms with Crippen LogP contribution in [0.5, 0.6) is 0 Å². The van der Waals surface area contributed by atoms with Gasteiger partial charge in [0.1, 0.15) is 11.2 Å². The molecule has 1 aliphatic carbocycles. The molecule has 0 radical (unpaired) electrons. The van der Waals surface area contributed by atoms with Gasteiger partial charge in [-0.15, -0.1) is 0 Å². The lowest BCUT2D eigenvalue weighted by Gasteiger charge is -2.11. The fraction of sp³-hybridized carbons (Fsp3) is 0.0278. The van der Waals surface area contributed by atoms with Gasteiger partial charge in [-0.2, -0.15) is 0 Å². The van der Waals surface area contributed by atoms with Gasteiger partial charge in [0.2, 0.25) is 0 Å². The predicted octanol–water partition coefficient (Wildman–Crippen LogP) is 8.25. The molecule has 0 N–H and O–H groups in total. The number of benzene rings is 4. The van der Waals surface area contributed by atoms with Gasteiger partial charge in [-0.3, -0.25) is 14.4 Å². The number of hydrogen-bond donors (Lipinski definition) is 0. The van der Waals surface area contributed by atoms with Gasteiger partial charge in [0.25, 0.3) is 0 Å². The predicted molar refractivity (Wildman–Crippen MR) is 166 cm³/mol. The van der Waals surface area contributed by atoms with E-state index in [0.29, 0.717) is 0 Å². The van der Waals surface area contributed by atoms with Gasteiger partial charge in [-0.25, -0.2) is 4.98 Å². The molecule has 190 valence electrons. The molecule has 0 saturated heterocycles. The van der Waals surface area contributed by atoms with Crippen LogP contribution >= 0.6 is 0 Å². The molecule has 41 heavy (non-hydrogen) atoms. The largest absolute Gasteiger partial charge is 0.309 e. The summed E-state index contributed by atoms with van der Waals surface area (Å²) in [5.74, 6) is 0. The van der Waals surface area contributed by atoms with Gasteiger partial charge in [-0.1, -0.05) is 36.4 Å². The molecule has 10 rings (SSSR count). The molecule has 5 aromatic heterocycles. The van der Waals surface area contributed by atoms with Gasteiger partial charge in [0.15, 0.2) is 0 Å². The summed E-state index contributed by atoms with van der Waals surface area (Å²) in [6.07, 6.45) is 8.41. The SMILES string of the molecule is c1ccc(-n2c3ccccc3c3cc4c(cc32)Cc2cc3c(cc2-4)c2ccncc2n2c4ccncc4nc32)cc1. The van der Waals surface area contributed by atoms with E-state index in [0.717, 1.165) is 34.0 Å². The van der Waals surface area contributed by atoms with Crippen LogP contribution in [0.4, 0.5) is 0 Å². The molecule has 5 nitrogen and oxygen atoms in total. The molecular weight excluding hydrogens is 502 g/mol. The molecule has 0 aliphatic heterocycles. The fourth-order valence-corrected chi connectivity index (χ4v) is 7.11. The number of fused-ring (bicyclic) bond motifs is 14. The molecule has 0 fully saturated rings. The molecule has 0 spiro atoms. The smallest absolute Gasteiger partial charge is 0.146 e. The van der Waals surface area contributed by atoms with E-state index in [1.807, 2.05) is 30.9 Å². The van der Waals surface area contributed by atoms with Crippen LogP contribution < -0.4 is 0 Å². The van der Waals surface area contributed by atoms with Crippen LogP contribution in [0, 0.1) is 0 Å². The second-order valence-electron chi connectivity index (χ2n) is 11.0. The average molecular weight is 524 g/mol. The third-order valence-corrected chi connectivity index (χ3v) is 8.86. The molecule has 9 aromatic rings. The minimum Gasteiger partial charge on any atom is -0.309 e. The molecular formula is C36H21N5. The number of imidazole rings is 1. The number of nitrogens with zero attached hydrogens (tertiary/aromatic N) is 5. The number of aromatic nitrogens is 5. The maximum Gasteiger partial charge on any atom is 0.146 e. The normalized spacial score (nSPS) is 12.8. The van der Waals surface area contributed by atoms with E-state index in [9.17, 15) is 0 Å². The number of pyridine rings is 3. The summed E-state index contributed by atoms with van der Waals surface area (Å²) in [7, 11) is 0. The monoisotopic (exact) mass is 523 g/mol. The Balaban J connectivity index is 1.30. The highest BCUT2D eigenvalue weighted by molar-refractivity contribution is 6.16. The Labute approximate surface area is 234 Å². The lowest BCUT2D eigenvalue weighted by molar-refractivity contribution is 1.17. The summed E-state index contributed by atoms with van der Waals surface area (Å²) in [4.78, 5) is 13.9. The van der Waals surface area contributed by atoms with Gasteiger partial charge < -0.3 is 4.57 Å². The Morgan fingerprint density at radius 3 is 2.22 bits per heavy atom. The van der Waals surface area contributed by atoms with Crippen molar-refractivity contribution in [2.24, 2.45) is 0 Å². The zero-order valence-corrected chi connectivity index (χ0v) is 21.9. The maximum atomic E-state index is 5.05. The van der Waals surface area contributed by atoms with Crippen molar-refractivity contribution < 1.29 is 0 Å². The standard InChI is InChI=1S/C36H21N5/c1-2-6-23(7-3-1)40-32-9-5-4-8-24(32)29-18-27-22(16-34(29)40)14-21-15-30-28(17-26(21)27)25-10-12-38-20-35(25)41-33-11-13-37-19-31(33)39-36(30)41/h1-13,15-20H,14H2. The number of hydrogen-bond acceptors (Lipinski definition) is 3. The Bertz CT molecular complexity index is 2550. The molecule has 0 bridgehead atoms. The van der Waals surface area contributed by atoms with E-state index in [-0.39, 0.29) is 0 Å². The number of rotatable bonds is 1. The fourth-order valence-electron chi connectivity index (χ4n) is 7.11. The Kier molecular flexibility index (Phi) is 3.92. The van der Waals surface area contributed by atoms with Gasteiger partial charge in [0, 0.05) is 39.6 Å². The third kappa shape index (κ3) is 2.72. The van der Waals surface area contributed by atoms with Crippen LogP contribution in [0.3, 0.4) is 0 Å². The van der Waals surface area contributed by atoms with Crippen LogP contribution in [0.2, 0.25) is 0 Å². The summed E-state index contributed by atoms with van der Waals surface area (Å²) >= 11 is 0. The van der Waals surface area contributed by atoms with Gasteiger partial charge in [0.05, 0.1) is 34.5 Å². The van der Waals surface area contributed by atoms with Crippen LogP contribution in [0.15, 0.2) is 116 Å². The minimum absolute atomic E-state index is 0.894. The molecule has 0 saturated carbocycles. The van der Waals surface area contributed by atoms with Crippen molar-refractivity contribution in [3.8, 4) is 16.8 Å². The summed E-state index contributed by atoms with van der Waals surface area (Å²) in [6.45, 7) is 0. The molecule has 5 heteroatoms. The first kappa shape index (κ1) is 21.3. The van der Waals surface area contributed by atoms with E-state index < -0.39 is 0 Å². The van der Waals surface area contributed by atoms with Crippen molar-refractivity contribution in [1.29, 1.82) is 0 Å². The summed E-state index contributed by atoms with van der Waals surface area (Å²) < 4.78 is 4.64. The van der Waals surface area contributed by atoms with E-state index in [1.165, 1.54) is 60.5 Å². The molecule has 0 atom stereocenters. The Morgan fingerprint density at radius 1 is 0.537 bits per heavy atom. The first-order valence-electron chi connectivity index (χ1n) is 13.9. The zero-order valence-electron chi connectivity index (χ0n) is 21.9. The molecule has 5 heterocycles. The highest BCUT2D eigenvalue weighted by atomic mass is 15.0. The minimum atomic E-state index is 0.894. The van der Waals surface area contributed by atoms with Crippen molar-refractivity contribution in [3.63, 3.8) is 0 Å². The van der Waals surface area contributed by atoms with Gasteiger partial charge >= 0.3 is 0 Å². The van der Waals surface area contributed by atoms with Crippen LogP contribution in [0.1, 0.15) is 11.1 Å². The summed E-state index contributed by atoms with van der Waals surface area (Å²) in [5, 5.41) is 6.11. The first-order chi connectivity index (χ1) is 20.3. The van der Waals surface area contributed by atoms with Crippen molar-refractivity contribution in [3.05, 3.63) is 127 Å².